The Labute approximate surface area is 123 Å². The van der Waals surface area contributed by atoms with Crippen LogP contribution in [0, 0.1) is 6.92 Å². The van der Waals surface area contributed by atoms with Gasteiger partial charge in [-0.2, -0.15) is 0 Å². The molecule has 2 heteroatoms. The van der Waals surface area contributed by atoms with Crippen molar-refractivity contribution >= 4 is 5.78 Å². The number of rotatable bonds is 6. The molecular weight excluding hydrogens is 246 g/mol. The van der Waals surface area contributed by atoms with Crippen LogP contribution in [-0.4, -0.2) is 30.3 Å². The summed E-state index contributed by atoms with van der Waals surface area (Å²) < 4.78 is 0. The number of aryl methyl sites for hydroxylation is 2. The first-order valence-electron chi connectivity index (χ1n) is 8.06. The largest absolute Gasteiger partial charge is 0.296 e. The molecule has 1 heterocycles. The highest BCUT2D eigenvalue weighted by Crippen LogP contribution is 2.16. The minimum absolute atomic E-state index is 0.275. The van der Waals surface area contributed by atoms with Crippen molar-refractivity contribution in [1.82, 2.24) is 4.90 Å². The number of carbonyl (C=O) groups is 1. The fraction of sp³-hybridized carbons (Fsp3) is 0.611. The molecule has 0 aliphatic carbocycles. The number of unbranched alkanes of at least 4 members (excludes halogenated alkanes) is 1. The van der Waals surface area contributed by atoms with Gasteiger partial charge in [0.1, 0.15) is 0 Å². The Morgan fingerprint density at radius 1 is 1.20 bits per heavy atom. The molecule has 2 rings (SSSR count). The zero-order valence-corrected chi connectivity index (χ0v) is 13.0. The molecule has 1 aliphatic rings. The van der Waals surface area contributed by atoms with Crippen LogP contribution in [0.1, 0.15) is 60.5 Å². The molecule has 0 radical (unpaired) electrons. The lowest BCUT2D eigenvalue weighted by atomic mass is 9.98. The van der Waals surface area contributed by atoms with Gasteiger partial charge in [-0.15, -0.1) is 0 Å². The van der Waals surface area contributed by atoms with Crippen LogP contribution in [0.25, 0.3) is 0 Å². The number of hydrogen-bond acceptors (Lipinski definition) is 2. The maximum atomic E-state index is 12.3. The van der Waals surface area contributed by atoms with Gasteiger partial charge in [-0.05, 0) is 62.9 Å². The quantitative estimate of drug-likeness (QED) is 0.730. The molecule has 0 atom stereocenters. The SMILES string of the molecule is CCCCc1ccc(C(=O)CN2CCCCC2)cc1C. The summed E-state index contributed by atoms with van der Waals surface area (Å²) in [6.45, 7) is 7.10. The summed E-state index contributed by atoms with van der Waals surface area (Å²) in [6, 6.07) is 6.25. The van der Waals surface area contributed by atoms with Gasteiger partial charge in [-0.3, -0.25) is 9.69 Å². The van der Waals surface area contributed by atoms with E-state index in [9.17, 15) is 4.79 Å². The van der Waals surface area contributed by atoms with E-state index >= 15 is 0 Å². The van der Waals surface area contributed by atoms with Crippen LogP contribution in [0.2, 0.25) is 0 Å². The lowest BCUT2D eigenvalue weighted by molar-refractivity contribution is 0.0915. The summed E-state index contributed by atoms with van der Waals surface area (Å²) in [5.41, 5.74) is 3.54. The summed E-state index contributed by atoms with van der Waals surface area (Å²) in [4.78, 5) is 14.6. The molecule has 110 valence electrons. The standard InChI is InChI=1S/C18H27NO/c1-3-4-8-16-9-10-17(13-15(16)2)18(20)14-19-11-6-5-7-12-19/h9-10,13H,3-8,11-12,14H2,1-2H3. The van der Waals surface area contributed by atoms with Gasteiger partial charge in [0.15, 0.2) is 5.78 Å². The summed E-state index contributed by atoms with van der Waals surface area (Å²) >= 11 is 0. The lowest BCUT2D eigenvalue weighted by Gasteiger charge is -2.25. The Hall–Kier alpha value is -1.15. The van der Waals surface area contributed by atoms with Gasteiger partial charge in [0.2, 0.25) is 0 Å². The topological polar surface area (TPSA) is 20.3 Å². The highest BCUT2D eigenvalue weighted by atomic mass is 16.1. The van der Waals surface area contributed by atoms with E-state index in [1.807, 2.05) is 6.07 Å². The molecule has 0 aromatic heterocycles. The van der Waals surface area contributed by atoms with E-state index in [2.05, 4.69) is 30.9 Å². The zero-order chi connectivity index (χ0) is 14.4. The van der Waals surface area contributed by atoms with Crippen LogP contribution in [0.4, 0.5) is 0 Å². The molecule has 20 heavy (non-hydrogen) atoms. The Kier molecular flexibility index (Phi) is 5.78. The summed E-state index contributed by atoms with van der Waals surface area (Å²) in [7, 11) is 0. The number of piperidine rings is 1. The number of benzene rings is 1. The van der Waals surface area contributed by atoms with Crippen molar-refractivity contribution < 1.29 is 4.79 Å². The highest BCUT2D eigenvalue weighted by molar-refractivity contribution is 5.97. The van der Waals surface area contributed by atoms with E-state index in [-0.39, 0.29) is 5.78 Å². The van der Waals surface area contributed by atoms with E-state index in [1.165, 1.54) is 43.2 Å². The molecule has 0 bridgehead atoms. The Bertz CT molecular complexity index is 447. The predicted octanol–water partition coefficient (Wildman–Crippen LogP) is 4.01. The Morgan fingerprint density at radius 3 is 2.60 bits per heavy atom. The van der Waals surface area contributed by atoms with E-state index in [4.69, 9.17) is 0 Å². The van der Waals surface area contributed by atoms with Crippen LogP contribution in [0.5, 0.6) is 0 Å². The van der Waals surface area contributed by atoms with E-state index in [0.717, 1.165) is 25.1 Å². The molecule has 0 saturated carbocycles. The fourth-order valence-electron chi connectivity index (χ4n) is 2.93. The van der Waals surface area contributed by atoms with Crippen molar-refractivity contribution in [1.29, 1.82) is 0 Å². The zero-order valence-electron chi connectivity index (χ0n) is 13.0. The summed E-state index contributed by atoms with van der Waals surface area (Å²) in [6.07, 6.45) is 7.36. The van der Waals surface area contributed by atoms with Gasteiger partial charge in [0.25, 0.3) is 0 Å². The normalized spacial score (nSPS) is 16.3. The van der Waals surface area contributed by atoms with E-state index < -0.39 is 0 Å². The van der Waals surface area contributed by atoms with E-state index in [0.29, 0.717) is 6.54 Å². The van der Waals surface area contributed by atoms with Crippen LogP contribution >= 0.6 is 0 Å². The van der Waals surface area contributed by atoms with Crippen LogP contribution in [-0.2, 0) is 6.42 Å². The van der Waals surface area contributed by atoms with Gasteiger partial charge in [0, 0.05) is 5.56 Å². The monoisotopic (exact) mass is 273 g/mol. The second kappa shape index (κ2) is 7.58. The van der Waals surface area contributed by atoms with Crippen molar-refractivity contribution in [2.75, 3.05) is 19.6 Å². The molecule has 0 N–H and O–H groups in total. The van der Waals surface area contributed by atoms with Crippen LogP contribution < -0.4 is 0 Å². The van der Waals surface area contributed by atoms with Crippen LogP contribution in [0.3, 0.4) is 0 Å². The molecule has 0 unspecified atom stereocenters. The Balaban J connectivity index is 1.97. The number of ketones is 1. The first-order chi connectivity index (χ1) is 9.70. The van der Waals surface area contributed by atoms with Crippen molar-refractivity contribution in [3.8, 4) is 0 Å². The predicted molar refractivity (Wildman–Crippen MR) is 84.4 cm³/mol. The summed E-state index contributed by atoms with van der Waals surface area (Å²) in [5.74, 6) is 0.275. The molecule has 1 fully saturated rings. The third kappa shape index (κ3) is 4.17. The maximum Gasteiger partial charge on any atom is 0.176 e. The summed E-state index contributed by atoms with van der Waals surface area (Å²) in [5, 5.41) is 0. The number of hydrogen-bond donors (Lipinski definition) is 0. The average molecular weight is 273 g/mol. The van der Waals surface area contributed by atoms with Crippen molar-refractivity contribution in [3.63, 3.8) is 0 Å². The second-order valence-electron chi connectivity index (χ2n) is 6.00. The van der Waals surface area contributed by atoms with Gasteiger partial charge in [-0.1, -0.05) is 31.9 Å². The van der Waals surface area contributed by atoms with E-state index in [1.54, 1.807) is 0 Å². The van der Waals surface area contributed by atoms with Gasteiger partial charge in [0.05, 0.1) is 6.54 Å². The van der Waals surface area contributed by atoms with Crippen LogP contribution in [0.15, 0.2) is 18.2 Å². The lowest BCUT2D eigenvalue weighted by Crippen LogP contribution is -2.34. The third-order valence-electron chi connectivity index (χ3n) is 4.28. The smallest absolute Gasteiger partial charge is 0.176 e. The van der Waals surface area contributed by atoms with Gasteiger partial charge < -0.3 is 0 Å². The van der Waals surface area contributed by atoms with Gasteiger partial charge >= 0.3 is 0 Å². The molecular formula is C18H27NO. The van der Waals surface area contributed by atoms with Crippen molar-refractivity contribution in [3.05, 3.63) is 34.9 Å². The highest BCUT2D eigenvalue weighted by Gasteiger charge is 2.15. The molecule has 1 aliphatic heterocycles. The number of nitrogens with zero attached hydrogens (tertiary/aromatic N) is 1. The number of carbonyl (C=O) groups excluding carboxylic acids is 1. The first-order valence-corrected chi connectivity index (χ1v) is 8.06. The maximum absolute atomic E-state index is 12.3. The van der Waals surface area contributed by atoms with Crippen molar-refractivity contribution in [2.45, 2.75) is 52.4 Å². The average Bonchev–Trinajstić information content (AvgIpc) is 2.47. The minimum atomic E-state index is 0.275. The Morgan fingerprint density at radius 2 is 1.95 bits per heavy atom. The molecule has 1 aromatic rings. The van der Waals surface area contributed by atoms with Gasteiger partial charge in [-0.25, -0.2) is 0 Å². The van der Waals surface area contributed by atoms with Crippen molar-refractivity contribution in [2.24, 2.45) is 0 Å². The number of likely N-dealkylation sites (tertiary alicyclic amines) is 1. The molecule has 1 aromatic carbocycles. The first kappa shape index (κ1) is 15.2. The molecule has 0 spiro atoms. The third-order valence-corrected chi connectivity index (χ3v) is 4.28. The molecule has 1 saturated heterocycles. The molecule has 2 nitrogen and oxygen atoms in total. The molecule has 0 amide bonds. The number of Topliss-reactive ketones (excluding diaryl/α,β-unsaturated/α-hetero) is 1. The second-order valence-corrected chi connectivity index (χ2v) is 6.00. The fourth-order valence-corrected chi connectivity index (χ4v) is 2.93. The minimum Gasteiger partial charge on any atom is -0.296 e.